The van der Waals surface area contributed by atoms with Crippen LogP contribution >= 0.6 is 0 Å². The van der Waals surface area contributed by atoms with Gasteiger partial charge in [0.2, 0.25) is 11.3 Å². The van der Waals surface area contributed by atoms with Gasteiger partial charge in [-0.15, -0.1) is 0 Å². The Labute approximate surface area is 129 Å². The standard InChI is InChI=1S/C17H10FN3O2/c18-13-7-3-1-5-10(13)16-20-17(23-21-16)12-9-19-14-8-4-2-6-11(14)15(12)22/h1-9H,(H,19,22). The first kappa shape index (κ1) is 13.4. The fourth-order valence-electron chi connectivity index (χ4n) is 2.41. The van der Waals surface area contributed by atoms with Gasteiger partial charge in [0.15, 0.2) is 0 Å². The number of H-pyrrole nitrogens is 1. The molecule has 0 fully saturated rings. The molecule has 0 saturated heterocycles. The summed E-state index contributed by atoms with van der Waals surface area (Å²) in [6.45, 7) is 0. The minimum atomic E-state index is -0.452. The number of aromatic nitrogens is 3. The molecule has 4 rings (SSSR count). The van der Waals surface area contributed by atoms with Gasteiger partial charge >= 0.3 is 0 Å². The molecule has 6 heteroatoms. The highest BCUT2D eigenvalue weighted by Crippen LogP contribution is 2.23. The van der Waals surface area contributed by atoms with Gasteiger partial charge in [0.25, 0.3) is 5.89 Å². The van der Waals surface area contributed by atoms with Crippen LogP contribution in [0.3, 0.4) is 0 Å². The molecule has 0 spiro atoms. The normalized spacial score (nSPS) is 11.0. The van der Waals surface area contributed by atoms with Gasteiger partial charge in [-0.25, -0.2) is 4.39 Å². The molecule has 2 aromatic heterocycles. The van der Waals surface area contributed by atoms with Crippen LogP contribution in [0, 0.1) is 5.82 Å². The lowest BCUT2D eigenvalue weighted by atomic mass is 10.1. The largest absolute Gasteiger partial charge is 0.360 e. The Morgan fingerprint density at radius 3 is 2.65 bits per heavy atom. The lowest BCUT2D eigenvalue weighted by Crippen LogP contribution is -2.06. The van der Waals surface area contributed by atoms with Gasteiger partial charge in [-0.05, 0) is 24.3 Å². The van der Waals surface area contributed by atoms with Crippen LogP contribution in [-0.2, 0) is 0 Å². The monoisotopic (exact) mass is 307 g/mol. The van der Waals surface area contributed by atoms with Crippen molar-refractivity contribution in [2.75, 3.05) is 0 Å². The van der Waals surface area contributed by atoms with Crippen LogP contribution in [-0.4, -0.2) is 15.1 Å². The van der Waals surface area contributed by atoms with Crippen LogP contribution in [0.5, 0.6) is 0 Å². The summed E-state index contributed by atoms with van der Waals surface area (Å²) in [5.74, 6) is -0.298. The van der Waals surface area contributed by atoms with Crippen molar-refractivity contribution in [3.63, 3.8) is 0 Å². The fraction of sp³-hybridized carbons (Fsp3) is 0. The van der Waals surface area contributed by atoms with Gasteiger partial charge in [-0.3, -0.25) is 4.79 Å². The number of rotatable bonds is 2. The van der Waals surface area contributed by atoms with Crippen LogP contribution < -0.4 is 5.43 Å². The zero-order valence-electron chi connectivity index (χ0n) is 11.8. The van der Waals surface area contributed by atoms with Crippen molar-refractivity contribution in [3.8, 4) is 22.8 Å². The highest BCUT2D eigenvalue weighted by Gasteiger charge is 2.16. The van der Waals surface area contributed by atoms with Gasteiger partial charge in [0, 0.05) is 17.1 Å². The Morgan fingerprint density at radius 2 is 1.78 bits per heavy atom. The molecule has 0 aliphatic heterocycles. The zero-order valence-corrected chi connectivity index (χ0v) is 11.8. The minimum absolute atomic E-state index is 0.0512. The fourth-order valence-corrected chi connectivity index (χ4v) is 2.41. The number of para-hydroxylation sites is 1. The summed E-state index contributed by atoms with van der Waals surface area (Å²) in [5, 5.41) is 4.29. The summed E-state index contributed by atoms with van der Waals surface area (Å²) in [7, 11) is 0. The van der Waals surface area contributed by atoms with Crippen molar-refractivity contribution >= 4 is 10.9 Å². The molecule has 0 atom stereocenters. The molecule has 4 aromatic rings. The van der Waals surface area contributed by atoms with Gasteiger partial charge < -0.3 is 9.51 Å². The third kappa shape index (κ3) is 2.20. The molecule has 0 radical (unpaired) electrons. The summed E-state index contributed by atoms with van der Waals surface area (Å²) in [4.78, 5) is 19.7. The molecular weight excluding hydrogens is 297 g/mol. The van der Waals surface area contributed by atoms with E-state index in [4.69, 9.17) is 4.52 Å². The Bertz CT molecular complexity index is 1070. The number of nitrogens with zero attached hydrogens (tertiary/aromatic N) is 2. The van der Waals surface area contributed by atoms with Crippen LogP contribution in [0.4, 0.5) is 4.39 Å². The Kier molecular flexibility index (Phi) is 3.01. The average molecular weight is 307 g/mol. The topological polar surface area (TPSA) is 71.8 Å². The quantitative estimate of drug-likeness (QED) is 0.616. The number of aromatic amines is 1. The first-order valence-corrected chi connectivity index (χ1v) is 6.93. The first-order chi connectivity index (χ1) is 11.2. The highest BCUT2D eigenvalue weighted by molar-refractivity contribution is 5.82. The van der Waals surface area contributed by atoms with Gasteiger partial charge in [-0.2, -0.15) is 4.98 Å². The number of fused-ring (bicyclic) bond motifs is 1. The van der Waals surface area contributed by atoms with Crippen molar-refractivity contribution in [3.05, 3.63) is 70.8 Å². The molecule has 0 aliphatic rings. The summed E-state index contributed by atoms with van der Waals surface area (Å²) < 4.78 is 18.9. The van der Waals surface area contributed by atoms with Gasteiger partial charge in [0.1, 0.15) is 11.4 Å². The van der Waals surface area contributed by atoms with Crippen LogP contribution in [0.1, 0.15) is 0 Å². The van der Waals surface area contributed by atoms with Crippen LogP contribution in [0.15, 0.2) is 64.0 Å². The maximum absolute atomic E-state index is 13.8. The van der Waals surface area contributed by atoms with E-state index in [1.54, 1.807) is 36.4 Å². The molecule has 112 valence electrons. The van der Waals surface area contributed by atoms with Crippen molar-refractivity contribution in [2.45, 2.75) is 0 Å². The van der Waals surface area contributed by atoms with Crippen molar-refractivity contribution in [1.82, 2.24) is 15.1 Å². The second-order valence-electron chi connectivity index (χ2n) is 4.98. The second kappa shape index (κ2) is 5.17. The molecule has 2 heterocycles. The van der Waals surface area contributed by atoms with E-state index in [1.165, 1.54) is 12.3 Å². The van der Waals surface area contributed by atoms with Crippen LogP contribution in [0.25, 0.3) is 33.7 Å². The van der Waals surface area contributed by atoms with E-state index >= 15 is 0 Å². The van der Waals surface area contributed by atoms with E-state index in [-0.39, 0.29) is 28.3 Å². The summed E-state index contributed by atoms with van der Waals surface area (Å²) >= 11 is 0. The van der Waals surface area contributed by atoms with Crippen LogP contribution in [0.2, 0.25) is 0 Å². The van der Waals surface area contributed by atoms with E-state index in [1.807, 2.05) is 6.07 Å². The lowest BCUT2D eigenvalue weighted by Gasteiger charge is -1.99. The third-order valence-electron chi connectivity index (χ3n) is 3.56. The number of hydrogen-bond donors (Lipinski definition) is 1. The molecule has 0 aliphatic carbocycles. The van der Waals surface area contributed by atoms with Crippen molar-refractivity contribution in [1.29, 1.82) is 0 Å². The van der Waals surface area contributed by atoms with E-state index in [9.17, 15) is 9.18 Å². The maximum Gasteiger partial charge on any atom is 0.263 e. The molecule has 0 amide bonds. The first-order valence-electron chi connectivity index (χ1n) is 6.93. The number of nitrogens with one attached hydrogen (secondary N) is 1. The molecule has 0 unspecified atom stereocenters. The molecule has 23 heavy (non-hydrogen) atoms. The van der Waals surface area contributed by atoms with Crippen molar-refractivity contribution < 1.29 is 8.91 Å². The minimum Gasteiger partial charge on any atom is -0.360 e. The Morgan fingerprint density at radius 1 is 1.00 bits per heavy atom. The summed E-state index contributed by atoms with van der Waals surface area (Å²) in [6.07, 6.45) is 1.52. The Balaban J connectivity index is 1.85. The second-order valence-corrected chi connectivity index (χ2v) is 4.98. The predicted molar refractivity (Wildman–Crippen MR) is 83.3 cm³/mol. The van der Waals surface area contributed by atoms with E-state index in [2.05, 4.69) is 15.1 Å². The van der Waals surface area contributed by atoms with Crippen molar-refractivity contribution in [2.24, 2.45) is 0 Å². The third-order valence-corrected chi connectivity index (χ3v) is 3.56. The van der Waals surface area contributed by atoms with Gasteiger partial charge in [0.05, 0.1) is 5.56 Å². The number of halogens is 1. The zero-order chi connectivity index (χ0) is 15.8. The highest BCUT2D eigenvalue weighted by atomic mass is 19.1. The number of benzene rings is 2. The predicted octanol–water partition coefficient (Wildman–Crippen LogP) is 3.38. The van der Waals surface area contributed by atoms with E-state index in [0.29, 0.717) is 5.39 Å². The van der Waals surface area contributed by atoms with E-state index < -0.39 is 5.82 Å². The number of hydrogen-bond acceptors (Lipinski definition) is 4. The molecule has 0 saturated carbocycles. The SMILES string of the molecule is O=c1c(-c2nc(-c3ccccc3F)no2)c[nH]c2ccccc12. The molecule has 5 nitrogen and oxygen atoms in total. The molecule has 2 aromatic carbocycles. The average Bonchev–Trinajstić information content (AvgIpc) is 3.05. The maximum atomic E-state index is 13.8. The smallest absolute Gasteiger partial charge is 0.263 e. The summed E-state index contributed by atoms with van der Waals surface area (Å²) in [6, 6.07) is 13.2. The Hall–Kier alpha value is -3.28. The lowest BCUT2D eigenvalue weighted by molar-refractivity contribution is 0.431. The number of pyridine rings is 1. The molecular formula is C17H10FN3O2. The van der Waals surface area contributed by atoms with Gasteiger partial charge in [-0.1, -0.05) is 29.4 Å². The van der Waals surface area contributed by atoms with E-state index in [0.717, 1.165) is 5.52 Å². The molecule has 1 N–H and O–H groups in total. The molecule has 0 bridgehead atoms. The summed E-state index contributed by atoms with van der Waals surface area (Å²) in [5.41, 5.74) is 0.969.